The average Bonchev–Trinajstić information content (AvgIpc) is 3.11. The van der Waals surface area contributed by atoms with Crippen LogP contribution in [0.2, 0.25) is 0 Å². The molecule has 0 aliphatic rings. The monoisotopic (exact) mass is 368 g/mol. The van der Waals surface area contributed by atoms with Crippen molar-refractivity contribution in [1.82, 2.24) is 10.3 Å². The van der Waals surface area contributed by atoms with Gasteiger partial charge in [-0.3, -0.25) is 9.78 Å². The van der Waals surface area contributed by atoms with Crippen LogP contribution in [0, 0.1) is 6.92 Å². The highest BCUT2D eigenvalue weighted by Gasteiger charge is 2.11. The summed E-state index contributed by atoms with van der Waals surface area (Å²) in [7, 11) is 1.60. The number of rotatable bonds is 7. The minimum Gasteiger partial charge on any atom is -0.493 e. The van der Waals surface area contributed by atoms with Crippen LogP contribution < -0.4 is 14.8 Å². The molecule has 6 heteroatoms. The molecule has 26 heavy (non-hydrogen) atoms. The molecular weight excluding hydrogens is 348 g/mol. The van der Waals surface area contributed by atoms with E-state index in [0.29, 0.717) is 24.7 Å². The first-order valence-corrected chi connectivity index (χ1v) is 9.06. The average molecular weight is 368 g/mol. The summed E-state index contributed by atoms with van der Waals surface area (Å²) in [4.78, 5) is 17.0. The Balaban J connectivity index is 1.62. The Morgan fingerprint density at radius 2 is 1.92 bits per heavy atom. The predicted octanol–water partition coefficient (Wildman–Crippen LogP) is 3.97. The molecule has 1 N–H and O–H groups in total. The van der Waals surface area contributed by atoms with Gasteiger partial charge in [-0.1, -0.05) is 6.07 Å². The predicted molar refractivity (Wildman–Crippen MR) is 102 cm³/mol. The molecule has 5 nitrogen and oxygen atoms in total. The molecule has 2 aromatic heterocycles. The van der Waals surface area contributed by atoms with Gasteiger partial charge in [0.15, 0.2) is 11.5 Å². The molecule has 2 heterocycles. The van der Waals surface area contributed by atoms with E-state index in [1.54, 1.807) is 19.5 Å². The topological polar surface area (TPSA) is 60.5 Å². The van der Waals surface area contributed by atoms with Crippen LogP contribution in [-0.2, 0) is 13.2 Å². The number of pyridine rings is 1. The molecule has 0 fully saturated rings. The summed E-state index contributed by atoms with van der Waals surface area (Å²) in [6.07, 6.45) is 3.47. The first-order valence-electron chi connectivity index (χ1n) is 8.18. The van der Waals surface area contributed by atoms with Crippen molar-refractivity contribution in [2.75, 3.05) is 7.11 Å². The highest BCUT2D eigenvalue weighted by molar-refractivity contribution is 7.12. The van der Waals surface area contributed by atoms with E-state index in [2.05, 4.69) is 10.3 Å². The third-order valence-corrected chi connectivity index (χ3v) is 4.91. The van der Waals surface area contributed by atoms with E-state index in [-0.39, 0.29) is 5.91 Å². The number of nitrogens with zero attached hydrogens (tertiary/aromatic N) is 1. The quantitative estimate of drug-likeness (QED) is 0.685. The third-order valence-electron chi connectivity index (χ3n) is 3.89. The van der Waals surface area contributed by atoms with Crippen LogP contribution in [0.4, 0.5) is 0 Å². The number of thiophene rings is 1. The SMILES string of the molecule is COc1cc(CNC(=O)c2sccc2C)ccc1OCc1ccncc1. The van der Waals surface area contributed by atoms with Gasteiger partial charge >= 0.3 is 0 Å². The second kappa shape index (κ2) is 8.49. The van der Waals surface area contributed by atoms with Crippen molar-refractivity contribution in [2.45, 2.75) is 20.1 Å². The smallest absolute Gasteiger partial charge is 0.261 e. The summed E-state index contributed by atoms with van der Waals surface area (Å²) in [5.74, 6) is 1.24. The fourth-order valence-corrected chi connectivity index (χ4v) is 3.29. The summed E-state index contributed by atoms with van der Waals surface area (Å²) in [5, 5.41) is 4.86. The minimum atomic E-state index is -0.0607. The number of amides is 1. The van der Waals surface area contributed by atoms with Crippen LogP contribution in [0.1, 0.15) is 26.4 Å². The molecule has 3 rings (SSSR count). The highest BCUT2D eigenvalue weighted by Crippen LogP contribution is 2.29. The van der Waals surface area contributed by atoms with Gasteiger partial charge < -0.3 is 14.8 Å². The maximum atomic E-state index is 12.2. The largest absolute Gasteiger partial charge is 0.493 e. The number of benzene rings is 1. The number of aromatic nitrogens is 1. The zero-order valence-corrected chi connectivity index (χ0v) is 15.5. The molecule has 134 valence electrons. The van der Waals surface area contributed by atoms with Gasteiger partial charge in [0.2, 0.25) is 0 Å². The molecule has 1 amide bonds. The second-order valence-corrected chi connectivity index (χ2v) is 6.66. The van der Waals surface area contributed by atoms with Crippen molar-refractivity contribution in [3.63, 3.8) is 0 Å². The van der Waals surface area contributed by atoms with Gasteiger partial charge in [-0.15, -0.1) is 11.3 Å². The lowest BCUT2D eigenvalue weighted by Crippen LogP contribution is -2.22. The van der Waals surface area contributed by atoms with E-state index >= 15 is 0 Å². The third kappa shape index (κ3) is 4.40. The minimum absolute atomic E-state index is 0.0607. The van der Waals surface area contributed by atoms with E-state index in [9.17, 15) is 4.79 Å². The lowest BCUT2D eigenvalue weighted by molar-refractivity contribution is 0.0954. The Kier molecular flexibility index (Phi) is 5.86. The Labute approximate surface area is 156 Å². The summed E-state index contributed by atoms with van der Waals surface area (Å²) < 4.78 is 11.3. The van der Waals surface area contributed by atoms with Gasteiger partial charge in [0.1, 0.15) is 6.61 Å². The number of carbonyl (C=O) groups is 1. The van der Waals surface area contributed by atoms with Crippen molar-refractivity contribution in [1.29, 1.82) is 0 Å². The summed E-state index contributed by atoms with van der Waals surface area (Å²) in [6.45, 7) is 2.80. The maximum Gasteiger partial charge on any atom is 0.261 e. The summed E-state index contributed by atoms with van der Waals surface area (Å²) in [6, 6.07) is 11.4. The van der Waals surface area contributed by atoms with Crippen molar-refractivity contribution >= 4 is 17.2 Å². The molecule has 0 radical (unpaired) electrons. The fraction of sp³-hybridized carbons (Fsp3) is 0.200. The molecule has 0 spiro atoms. The molecule has 0 aliphatic heterocycles. The van der Waals surface area contributed by atoms with E-state index in [1.807, 2.05) is 48.7 Å². The van der Waals surface area contributed by atoms with Gasteiger partial charge in [0.25, 0.3) is 5.91 Å². The first-order chi connectivity index (χ1) is 12.7. The molecular formula is C20H20N2O3S. The van der Waals surface area contributed by atoms with Gasteiger partial charge in [-0.2, -0.15) is 0 Å². The lowest BCUT2D eigenvalue weighted by Gasteiger charge is -2.13. The van der Waals surface area contributed by atoms with Crippen LogP contribution >= 0.6 is 11.3 Å². The number of aryl methyl sites for hydroxylation is 1. The van der Waals surface area contributed by atoms with Gasteiger partial charge in [0.05, 0.1) is 12.0 Å². The van der Waals surface area contributed by atoms with Crippen LogP contribution in [-0.4, -0.2) is 18.0 Å². The number of ether oxygens (including phenoxy) is 2. The summed E-state index contributed by atoms with van der Waals surface area (Å²) >= 11 is 1.45. The second-order valence-electron chi connectivity index (χ2n) is 5.74. The van der Waals surface area contributed by atoms with Crippen LogP contribution in [0.3, 0.4) is 0 Å². The summed E-state index contributed by atoms with van der Waals surface area (Å²) in [5.41, 5.74) is 2.97. The van der Waals surface area contributed by atoms with Crippen molar-refractivity contribution in [3.8, 4) is 11.5 Å². The standard InChI is InChI=1S/C20H20N2O3S/c1-14-7-10-26-19(14)20(23)22-12-16-3-4-17(18(11-16)24-2)25-13-15-5-8-21-9-6-15/h3-11H,12-13H2,1-2H3,(H,22,23). The molecule has 0 saturated heterocycles. The maximum absolute atomic E-state index is 12.2. The number of methoxy groups -OCH3 is 1. The van der Waals surface area contributed by atoms with Crippen molar-refractivity contribution in [2.24, 2.45) is 0 Å². The van der Waals surface area contributed by atoms with Crippen LogP contribution in [0.25, 0.3) is 0 Å². The first kappa shape index (κ1) is 17.9. The van der Waals surface area contributed by atoms with Crippen LogP contribution in [0.15, 0.2) is 54.2 Å². The molecule has 0 aliphatic carbocycles. The fourth-order valence-electron chi connectivity index (χ4n) is 2.45. The Morgan fingerprint density at radius 1 is 1.12 bits per heavy atom. The van der Waals surface area contributed by atoms with E-state index in [0.717, 1.165) is 21.6 Å². The highest BCUT2D eigenvalue weighted by atomic mass is 32.1. The molecule has 3 aromatic rings. The van der Waals surface area contributed by atoms with Crippen molar-refractivity contribution in [3.05, 3.63) is 75.7 Å². The van der Waals surface area contributed by atoms with Crippen LogP contribution in [0.5, 0.6) is 11.5 Å². The Hall–Kier alpha value is -2.86. The van der Waals surface area contributed by atoms with Gasteiger partial charge in [-0.25, -0.2) is 0 Å². The molecule has 0 bridgehead atoms. The van der Waals surface area contributed by atoms with Gasteiger partial charge in [0, 0.05) is 18.9 Å². The molecule has 1 aromatic carbocycles. The van der Waals surface area contributed by atoms with E-state index < -0.39 is 0 Å². The van der Waals surface area contributed by atoms with Gasteiger partial charge in [-0.05, 0) is 59.3 Å². The molecule has 0 saturated carbocycles. The zero-order chi connectivity index (χ0) is 18.4. The normalized spacial score (nSPS) is 10.4. The zero-order valence-electron chi connectivity index (χ0n) is 14.7. The molecule has 0 atom stereocenters. The van der Waals surface area contributed by atoms with E-state index in [4.69, 9.17) is 9.47 Å². The lowest BCUT2D eigenvalue weighted by atomic mass is 10.2. The number of hydrogen-bond acceptors (Lipinski definition) is 5. The number of carbonyl (C=O) groups excluding carboxylic acids is 1. The number of hydrogen-bond donors (Lipinski definition) is 1. The van der Waals surface area contributed by atoms with E-state index in [1.165, 1.54) is 11.3 Å². The molecule has 0 unspecified atom stereocenters. The van der Waals surface area contributed by atoms with Crippen molar-refractivity contribution < 1.29 is 14.3 Å². The Morgan fingerprint density at radius 3 is 2.62 bits per heavy atom. The Bertz CT molecular complexity index is 878. The number of nitrogens with one attached hydrogen (secondary N) is 1.